The molecule has 0 atom stereocenters. The Hall–Kier alpha value is -7.20. The van der Waals surface area contributed by atoms with E-state index in [1.54, 1.807) is 52.0 Å². The first-order valence-corrected chi connectivity index (χ1v) is 25.0. The van der Waals surface area contributed by atoms with Crippen molar-refractivity contribution in [3.05, 3.63) is 112 Å². The number of ether oxygens (including phenoxy) is 3. The third kappa shape index (κ3) is 48.8. The van der Waals surface area contributed by atoms with E-state index in [1.807, 2.05) is 13.8 Å². The summed E-state index contributed by atoms with van der Waals surface area (Å²) in [5, 5.41) is 20.2. The van der Waals surface area contributed by atoms with Crippen molar-refractivity contribution in [1.29, 1.82) is 5.26 Å². The number of Topliss-reactive ketones (excluding diaryl/α,β-unsaturated/α-hetero) is 1. The number of nitrogens with two attached hydrogens (primary N) is 2. The maximum atomic E-state index is 13.5. The summed E-state index contributed by atoms with van der Waals surface area (Å²) in [5.41, 5.74) is 12.5. The number of aryl methyl sites for hydroxylation is 3. The van der Waals surface area contributed by atoms with E-state index < -0.39 is 41.1 Å². The molecule has 4 aromatic rings. The summed E-state index contributed by atoms with van der Waals surface area (Å²) in [4.78, 5) is 108. The number of aldehydes is 1. The SMILES string of the molecule is C.C.CC(C)(C)OC(=O)CCC(=O)O.COC(=O)c1ccc(F)c(N)c1.COc1nc(C)nc(Cl)n1.Cc1ccc(F)c(CC(=O)CNCC2CCCC2)c1.Cc1ccc(F)c(NC(=O)CN)c1.O=C=O.O=C=O.O=CC1CCCC1.[B].[C-]#N.[Na+]. The molecule has 1 amide bonds. The summed E-state index contributed by atoms with van der Waals surface area (Å²) in [7, 11) is 2.73. The van der Waals surface area contributed by atoms with Crippen LogP contribution in [0.2, 0.25) is 5.28 Å². The zero-order valence-corrected chi connectivity index (χ0v) is 50.9. The molecule has 2 aliphatic carbocycles. The molecule has 0 bridgehead atoms. The van der Waals surface area contributed by atoms with Crippen LogP contribution in [0.1, 0.15) is 133 Å². The number of carbonyl (C=O) groups excluding carboxylic acids is 9. The van der Waals surface area contributed by atoms with Crippen LogP contribution in [0.5, 0.6) is 6.01 Å². The molecular formula is C57H79BClF3N8NaO14. The third-order valence-electron chi connectivity index (χ3n) is 10.3. The molecule has 2 fully saturated rings. The van der Waals surface area contributed by atoms with Crippen LogP contribution in [0, 0.1) is 61.9 Å². The Morgan fingerprint density at radius 2 is 1.32 bits per heavy atom. The van der Waals surface area contributed by atoms with Gasteiger partial charge in [0.25, 0.3) is 0 Å². The number of aromatic nitrogens is 3. The molecule has 22 nitrogen and oxygen atoms in total. The van der Waals surface area contributed by atoms with Crippen molar-refractivity contribution in [3.8, 4) is 6.01 Å². The molecule has 1 heterocycles. The number of nitrogen functional groups attached to an aromatic ring is 1. The van der Waals surface area contributed by atoms with Crippen LogP contribution in [-0.4, -0.2) is 116 Å². The Morgan fingerprint density at radius 1 is 0.812 bits per heavy atom. The molecule has 28 heteroatoms. The number of hydrogen-bond donors (Lipinski definition) is 5. The fourth-order valence-electron chi connectivity index (χ4n) is 6.68. The van der Waals surface area contributed by atoms with Gasteiger partial charge in [-0.2, -0.15) is 29.1 Å². The van der Waals surface area contributed by atoms with E-state index in [1.165, 1.54) is 77.0 Å². The Balaban J connectivity index is -0.000000169. The topological polar surface area (TPSA) is 357 Å². The molecule has 0 saturated heterocycles. The smallest absolute Gasteiger partial charge is 0.512 e. The number of carboxylic acids is 1. The summed E-state index contributed by atoms with van der Waals surface area (Å²) in [6.45, 7) is 16.5. The van der Waals surface area contributed by atoms with E-state index in [9.17, 15) is 41.9 Å². The predicted octanol–water partition coefficient (Wildman–Crippen LogP) is 5.49. The van der Waals surface area contributed by atoms with Gasteiger partial charge in [0.05, 0.1) is 57.1 Å². The number of carbonyl (C=O) groups is 6. The molecule has 3 radical (unpaired) electrons. The molecule has 2 saturated carbocycles. The van der Waals surface area contributed by atoms with Crippen LogP contribution in [-0.2, 0) is 59.0 Å². The summed E-state index contributed by atoms with van der Waals surface area (Å²) in [5.74, 6) is -1.90. The van der Waals surface area contributed by atoms with Gasteiger partial charge in [0.1, 0.15) is 35.2 Å². The van der Waals surface area contributed by atoms with Gasteiger partial charge in [0, 0.05) is 20.8 Å². The number of nitrogens with one attached hydrogen (secondary N) is 2. The van der Waals surface area contributed by atoms with Gasteiger partial charge >= 0.3 is 65.8 Å². The maximum Gasteiger partial charge on any atom is 1.00 e. The van der Waals surface area contributed by atoms with Crippen LogP contribution in [0.15, 0.2) is 54.6 Å². The van der Waals surface area contributed by atoms with E-state index in [4.69, 9.17) is 68.7 Å². The van der Waals surface area contributed by atoms with Crippen molar-refractivity contribution in [1.82, 2.24) is 20.3 Å². The minimum atomic E-state index is -0.985. The average Bonchev–Trinajstić information content (AvgIpc) is 4.18. The number of anilines is 2. The van der Waals surface area contributed by atoms with Crippen molar-refractivity contribution in [3.63, 3.8) is 0 Å². The summed E-state index contributed by atoms with van der Waals surface area (Å²) >= 11 is 5.49. The van der Waals surface area contributed by atoms with Gasteiger partial charge in [0.15, 0.2) is 5.78 Å². The number of esters is 2. The van der Waals surface area contributed by atoms with Crippen molar-refractivity contribution >= 4 is 79.6 Å². The van der Waals surface area contributed by atoms with Crippen LogP contribution >= 0.6 is 11.6 Å². The zero-order valence-electron chi connectivity index (χ0n) is 48.1. The molecule has 2 aliphatic rings. The van der Waals surface area contributed by atoms with Crippen molar-refractivity contribution in [2.24, 2.45) is 17.6 Å². The van der Waals surface area contributed by atoms with Gasteiger partial charge in [-0.1, -0.05) is 64.3 Å². The van der Waals surface area contributed by atoms with Crippen molar-refractivity contribution < 1.29 is 110 Å². The van der Waals surface area contributed by atoms with E-state index >= 15 is 0 Å². The monoisotopic (exact) mass is 1230 g/mol. The van der Waals surface area contributed by atoms with Crippen molar-refractivity contribution in [2.75, 3.05) is 44.9 Å². The van der Waals surface area contributed by atoms with E-state index in [0.717, 1.165) is 48.8 Å². The zero-order chi connectivity index (χ0) is 62.5. The summed E-state index contributed by atoms with van der Waals surface area (Å²) < 4.78 is 53.2. The second kappa shape index (κ2) is 54.7. The minimum Gasteiger partial charge on any atom is -0.512 e. The number of aliphatic carboxylic acids is 1. The fourth-order valence-corrected chi connectivity index (χ4v) is 6.88. The molecule has 7 N–H and O–H groups in total. The second-order valence-electron chi connectivity index (χ2n) is 18.0. The number of methoxy groups -OCH3 is 2. The molecule has 85 heavy (non-hydrogen) atoms. The number of hydrogen-bond acceptors (Lipinski definition) is 20. The first-order chi connectivity index (χ1) is 38.2. The average molecular weight is 1230 g/mol. The third-order valence-corrected chi connectivity index (χ3v) is 10.4. The summed E-state index contributed by atoms with van der Waals surface area (Å²) in [6, 6.07) is 13.3. The molecule has 0 aliphatic heterocycles. The Labute approximate surface area is 525 Å². The molecule has 1 aromatic heterocycles. The van der Waals surface area contributed by atoms with Crippen LogP contribution in [0.25, 0.3) is 0 Å². The Kier molecular flexibility index (Phi) is 58.9. The fraction of sp³-hybridized carbons (Fsp3) is 0.474. The number of ketones is 1. The molecule has 463 valence electrons. The van der Waals surface area contributed by atoms with E-state index in [0.29, 0.717) is 23.9 Å². The number of carboxylic acid groups (broad SMARTS) is 1. The normalized spacial score (nSPS) is 11.1. The van der Waals surface area contributed by atoms with Gasteiger partial charge in [-0.3, -0.25) is 19.2 Å². The van der Waals surface area contributed by atoms with Gasteiger partial charge in [-0.05, 0) is 139 Å². The number of nitrogens with zero attached hydrogens (tertiary/aromatic N) is 4. The number of benzene rings is 3. The Bertz CT molecular complexity index is 2620. The second-order valence-corrected chi connectivity index (χ2v) is 18.4. The van der Waals surface area contributed by atoms with Gasteiger partial charge in [-0.25, -0.2) is 22.9 Å². The number of rotatable bonds is 14. The van der Waals surface area contributed by atoms with Crippen LogP contribution in [0.3, 0.4) is 0 Å². The molecule has 0 spiro atoms. The van der Waals surface area contributed by atoms with Gasteiger partial charge in [0.2, 0.25) is 11.2 Å². The Morgan fingerprint density at radius 3 is 1.76 bits per heavy atom. The summed E-state index contributed by atoms with van der Waals surface area (Å²) in [6.07, 6.45) is 11.5. The van der Waals surface area contributed by atoms with Gasteiger partial charge in [-0.15, -0.1) is 0 Å². The van der Waals surface area contributed by atoms with E-state index in [-0.39, 0.29) is 131 Å². The van der Waals surface area contributed by atoms with Crippen molar-refractivity contribution in [2.45, 2.75) is 133 Å². The molecule has 6 rings (SSSR count). The van der Waals surface area contributed by atoms with Crippen LogP contribution < -0.4 is 56.4 Å². The number of amides is 1. The maximum absolute atomic E-state index is 13.5. The quantitative estimate of drug-likeness (QED) is 0.0343. The minimum absolute atomic E-state index is 0. The first-order valence-electron chi connectivity index (χ1n) is 24.6. The largest absolute Gasteiger partial charge is 1.00 e. The predicted molar refractivity (Wildman–Crippen MR) is 307 cm³/mol. The van der Waals surface area contributed by atoms with E-state index in [2.05, 4.69) is 30.3 Å². The first kappa shape index (κ1) is 91.5. The molecule has 0 unspecified atom stereocenters. The van der Waals surface area contributed by atoms with Gasteiger partial charge < -0.3 is 58.0 Å². The standard InChI is InChI=1S/C16H22FNO.C9H11FN2O.C8H8FNO2.C8H14O4.C6H10O.C5H6ClN3O.CN.2CO2.2CH4.B.Na/c1-12-6-7-16(17)14(8-12)9-15(19)11-18-10-13-4-2-3-5-13;1-6-2-3-7(10)8(4-6)12-9(13)5-11;1-12-8(11)5-2-3-6(9)7(10)4-5;1-8(2,3)12-7(11)5-4-6(9)10;7-5-6-3-1-2-4-6;1-3-7-4(6)9-5(8-3)10-2;1-2;2*2-1-3;;;;/h6-8,13,18H,2-5,9-11H2,1H3;2-4H,5,11H2,1H3,(H,12,13);2-4H,10H2,1H3;4-5H2,1-3H3,(H,9,10);5-6H,1-4H2;1-2H3;;;;2*1H4;;/q;;;;;;-1;;;;;;+1. The molecular weight excluding hydrogens is 1150 g/mol. The number of halogens is 4. The molecule has 3 aromatic carbocycles. The van der Waals surface area contributed by atoms with Crippen LogP contribution in [0.4, 0.5) is 24.5 Å².